The van der Waals surface area contributed by atoms with Gasteiger partial charge in [-0.1, -0.05) is 90.7 Å². The van der Waals surface area contributed by atoms with Gasteiger partial charge in [-0.05, 0) is 76.9 Å². The molecule has 6 unspecified atom stereocenters. The molecule has 3 amide bonds. The third-order valence-corrected chi connectivity index (χ3v) is 11.9. The van der Waals surface area contributed by atoms with E-state index in [0.29, 0.717) is 33.8 Å². The summed E-state index contributed by atoms with van der Waals surface area (Å²) >= 11 is 0. The van der Waals surface area contributed by atoms with Gasteiger partial charge in [0.1, 0.15) is 42.3 Å². The number of cyclic esters (lactones) is 1. The number of esters is 1. The highest BCUT2D eigenvalue weighted by molar-refractivity contribution is 6.23. The first-order valence-corrected chi connectivity index (χ1v) is 20.9. The maximum absolute atomic E-state index is 16.2. The van der Waals surface area contributed by atoms with Crippen LogP contribution in [0.25, 0.3) is 0 Å². The van der Waals surface area contributed by atoms with Crippen LogP contribution < -0.4 is 19.7 Å². The molecule has 6 atom stereocenters. The summed E-state index contributed by atoms with van der Waals surface area (Å²) in [5.74, 6) is 3.88. The predicted molar refractivity (Wildman–Crippen MR) is 236 cm³/mol. The Hall–Kier alpha value is -7.24. The minimum Gasteiger partial charge on any atom is -0.497 e. The van der Waals surface area contributed by atoms with Gasteiger partial charge in [0.05, 0.1) is 44.0 Å². The van der Waals surface area contributed by atoms with Gasteiger partial charge in [0.2, 0.25) is 11.8 Å². The monoisotopic (exact) mass is 861 g/mol. The molecule has 8 rings (SSSR count). The summed E-state index contributed by atoms with van der Waals surface area (Å²) in [6.07, 6.45) is -0.376. The van der Waals surface area contributed by atoms with Crippen LogP contribution >= 0.6 is 0 Å². The van der Waals surface area contributed by atoms with Crippen molar-refractivity contribution in [2.75, 3.05) is 52.1 Å². The highest BCUT2D eigenvalue weighted by Crippen LogP contribution is 2.66. The number of aliphatic hydroxyl groups excluding tert-OH is 1. The van der Waals surface area contributed by atoms with Crippen molar-refractivity contribution in [1.82, 2.24) is 10.2 Å². The number of ether oxygens (including phenoxy) is 5. The first kappa shape index (κ1) is 43.4. The number of hydrogen-bond acceptors (Lipinski definition) is 11. The van der Waals surface area contributed by atoms with Gasteiger partial charge in [-0.3, -0.25) is 19.3 Å². The van der Waals surface area contributed by atoms with Gasteiger partial charge < -0.3 is 34.1 Å². The zero-order valence-corrected chi connectivity index (χ0v) is 35.3. The van der Waals surface area contributed by atoms with Gasteiger partial charge in [-0.25, -0.2) is 9.69 Å². The molecule has 64 heavy (non-hydrogen) atoms. The number of nitrogens with zero attached hydrogens (tertiary/aromatic N) is 2. The molecule has 0 bridgehead atoms. The van der Waals surface area contributed by atoms with Crippen molar-refractivity contribution in [3.63, 3.8) is 0 Å². The zero-order chi connectivity index (χ0) is 44.8. The summed E-state index contributed by atoms with van der Waals surface area (Å²) in [5, 5.41) is 12.4. The second-order valence-electron chi connectivity index (χ2n) is 15.4. The third kappa shape index (κ3) is 7.88. The number of nitrogens with one attached hydrogen (secondary N) is 1. The third-order valence-electron chi connectivity index (χ3n) is 11.9. The lowest BCUT2D eigenvalue weighted by molar-refractivity contribution is -0.178. The number of aliphatic hydroxyl groups is 1. The highest BCUT2D eigenvalue weighted by Gasteiger charge is 2.75. The largest absolute Gasteiger partial charge is 0.497 e. The van der Waals surface area contributed by atoms with E-state index in [-0.39, 0.29) is 44.2 Å². The summed E-state index contributed by atoms with van der Waals surface area (Å²) in [7, 11) is 3.04. The van der Waals surface area contributed by atoms with E-state index >= 15 is 14.4 Å². The van der Waals surface area contributed by atoms with Gasteiger partial charge >= 0.3 is 12.1 Å². The van der Waals surface area contributed by atoms with E-state index in [2.05, 4.69) is 23.7 Å². The van der Waals surface area contributed by atoms with E-state index < -0.39 is 59.4 Å². The maximum Gasteiger partial charge on any atom is 0.421 e. The van der Waals surface area contributed by atoms with E-state index in [0.717, 1.165) is 10.5 Å². The molecule has 3 aliphatic heterocycles. The van der Waals surface area contributed by atoms with Crippen LogP contribution in [-0.2, 0) is 34.0 Å². The number of fused-ring (bicyclic) bond motifs is 3. The molecule has 2 fully saturated rings. The van der Waals surface area contributed by atoms with Gasteiger partial charge in [-0.2, -0.15) is 0 Å². The van der Waals surface area contributed by atoms with E-state index in [1.807, 2.05) is 77.7 Å². The number of hydrogen-bond donors (Lipinski definition) is 2. The minimum atomic E-state index is -2.01. The SMILES string of the molecule is C=CCNC(=O)C1C2C(=O)OC(c3ccccc3)C(c3ccccc3)N2C(c2ccc(OCCO)cc2)C12C(=O)N(C(=O)OCCOC)c1ccc(C#Cc3ccc(OC)cc3)cc12. The highest BCUT2D eigenvalue weighted by atomic mass is 16.6. The van der Waals surface area contributed by atoms with Crippen LogP contribution in [0.5, 0.6) is 11.5 Å². The number of morpholine rings is 1. The van der Waals surface area contributed by atoms with Crippen molar-refractivity contribution >= 4 is 29.6 Å². The van der Waals surface area contributed by atoms with Crippen LogP contribution in [0.15, 0.2) is 140 Å². The fraction of sp³-hybridized carbons (Fsp3) is 0.255. The van der Waals surface area contributed by atoms with Gasteiger partial charge in [0.15, 0.2) is 0 Å². The smallest absolute Gasteiger partial charge is 0.421 e. The number of rotatable bonds is 13. The zero-order valence-electron chi connectivity index (χ0n) is 35.3. The number of carbonyl (C=O) groups is 4. The van der Waals surface area contributed by atoms with Crippen LogP contribution in [0.4, 0.5) is 10.5 Å². The number of methoxy groups -OCH3 is 2. The molecule has 3 heterocycles. The molecule has 3 aliphatic rings. The average Bonchev–Trinajstić information content (AvgIpc) is 3.79. The van der Waals surface area contributed by atoms with Crippen molar-refractivity contribution in [2.24, 2.45) is 5.92 Å². The standard InChI is InChI=1S/C51H47N3O10/c1-4-27-52-47(56)42-44-48(57)64-45(36-13-9-6-10-14-36)43(35-11-7-5-8-12-35)54(44)46(37-20-24-39(25-21-37)62-29-28-55)51(42)40-32-34(16-15-33-17-22-38(61-3)23-18-33)19-26-41(40)53(49(51)58)50(59)63-31-30-60-2/h4-14,17-26,32,42-46,55H,1,27-31H2,2-3H3,(H,52,56). The lowest BCUT2D eigenvalue weighted by atomic mass is 9.65. The molecule has 326 valence electrons. The molecule has 0 radical (unpaired) electrons. The quantitative estimate of drug-likeness (QED) is 0.0601. The molecule has 0 saturated carbocycles. The number of benzene rings is 5. The van der Waals surface area contributed by atoms with Crippen LogP contribution in [0.1, 0.15) is 51.6 Å². The van der Waals surface area contributed by atoms with Gasteiger partial charge in [0, 0.05) is 24.8 Å². The number of amides is 3. The first-order chi connectivity index (χ1) is 31.3. The second kappa shape index (κ2) is 19.0. The molecule has 1 spiro atoms. The Balaban J connectivity index is 1.43. The fourth-order valence-electron chi connectivity index (χ4n) is 9.25. The molecular weight excluding hydrogens is 815 g/mol. The number of imide groups is 1. The minimum absolute atomic E-state index is 0.0146. The summed E-state index contributed by atoms with van der Waals surface area (Å²) in [6, 6.07) is 34.8. The molecule has 13 heteroatoms. The molecule has 0 aromatic heterocycles. The Kier molecular flexibility index (Phi) is 12.9. The van der Waals surface area contributed by atoms with Crippen LogP contribution in [0.2, 0.25) is 0 Å². The molecule has 2 N–H and O–H groups in total. The Morgan fingerprint density at radius 3 is 2.11 bits per heavy atom. The van der Waals surface area contributed by atoms with E-state index in [4.69, 9.17) is 23.7 Å². The first-order valence-electron chi connectivity index (χ1n) is 20.9. The van der Waals surface area contributed by atoms with E-state index in [1.54, 1.807) is 61.7 Å². The topological polar surface area (TPSA) is 153 Å². The lowest BCUT2D eigenvalue weighted by Crippen LogP contribution is -2.55. The lowest BCUT2D eigenvalue weighted by Gasteiger charge is -2.46. The Morgan fingerprint density at radius 1 is 0.797 bits per heavy atom. The number of anilines is 1. The normalized spacial score (nSPS) is 22.1. The average molecular weight is 862 g/mol. The molecule has 13 nitrogen and oxygen atoms in total. The van der Waals surface area contributed by atoms with Crippen molar-refractivity contribution in [1.29, 1.82) is 0 Å². The van der Waals surface area contributed by atoms with Crippen LogP contribution in [-0.4, -0.2) is 87.1 Å². The van der Waals surface area contributed by atoms with Crippen molar-refractivity contribution < 1.29 is 48.0 Å². The van der Waals surface area contributed by atoms with Crippen molar-refractivity contribution in [2.45, 2.75) is 29.6 Å². The van der Waals surface area contributed by atoms with Gasteiger partial charge in [-0.15, -0.1) is 6.58 Å². The Labute approximate surface area is 371 Å². The maximum atomic E-state index is 16.2. The van der Waals surface area contributed by atoms with Gasteiger partial charge in [0.25, 0.3) is 0 Å². The summed E-state index contributed by atoms with van der Waals surface area (Å²) < 4.78 is 28.4. The Bertz CT molecular complexity index is 2580. The number of carbonyl (C=O) groups excluding carboxylic acids is 4. The van der Waals surface area contributed by atoms with Crippen molar-refractivity contribution in [3.05, 3.63) is 173 Å². The van der Waals surface area contributed by atoms with Crippen LogP contribution in [0, 0.1) is 17.8 Å². The molecule has 5 aromatic carbocycles. The van der Waals surface area contributed by atoms with E-state index in [9.17, 15) is 9.90 Å². The fourth-order valence-corrected chi connectivity index (χ4v) is 9.25. The molecule has 0 aliphatic carbocycles. The molecular formula is C51H47N3O10. The second-order valence-corrected chi connectivity index (χ2v) is 15.4. The summed E-state index contributed by atoms with van der Waals surface area (Å²) in [4.78, 5) is 63.7. The van der Waals surface area contributed by atoms with Crippen LogP contribution in [0.3, 0.4) is 0 Å². The molecule has 2 saturated heterocycles. The van der Waals surface area contributed by atoms with Crippen molar-refractivity contribution in [3.8, 4) is 23.3 Å². The Morgan fingerprint density at radius 2 is 1.45 bits per heavy atom. The van der Waals surface area contributed by atoms with E-state index in [1.165, 1.54) is 13.2 Å². The summed E-state index contributed by atoms with van der Waals surface area (Å²) in [5.41, 5.74) is 1.60. The summed E-state index contributed by atoms with van der Waals surface area (Å²) in [6.45, 7) is 3.55. The predicted octanol–water partition coefficient (Wildman–Crippen LogP) is 6.22. The molecule has 5 aromatic rings.